The van der Waals surface area contributed by atoms with Gasteiger partial charge in [-0.05, 0) is 79.8 Å². The van der Waals surface area contributed by atoms with E-state index < -0.39 is 0 Å². The molecule has 39 heavy (non-hydrogen) atoms. The highest BCUT2D eigenvalue weighted by atomic mass is 35.5. The number of rotatable bonds is 11. The third-order valence-electron chi connectivity index (χ3n) is 7.16. The number of aryl methyl sites for hydroxylation is 1. The van der Waals surface area contributed by atoms with Crippen LogP contribution in [0.3, 0.4) is 0 Å². The summed E-state index contributed by atoms with van der Waals surface area (Å²) >= 11 is 6.85. The zero-order valence-corrected chi connectivity index (χ0v) is 24.3. The number of hydrogen-bond donors (Lipinski definition) is 0. The summed E-state index contributed by atoms with van der Waals surface area (Å²) in [7, 11) is 1.64. The molecule has 7 nitrogen and oxygen atoms in total. The van der Waals surface area contributed by atoms with Crippen LogP contribution in [0.4, 0.5) is 0 Å². The van der Waals surface area contributed by atoms with Crippen LogP contribution >= 0.6 is 11.6 Å². The number of ether oxygens (including phenoxy) is 2. The monoisotopic (exact) mass is 551 g/mol. The molecule has 0 aliphatic carbocycles. The molecule has 0 spiro atoms. The van der Waals surface area contributed by atoms with Gasteiger partial charge in [0.2, 0.25) is 0 Å². The highest BCUT2D eigenvalue weighted by Crippen LogP contribution is 2.40. The molecule has 0 N–H and O–H groups in total. The van der Waals surface area contributed by atoms with Crippen molar-refractivity contribution in [3.63, 3.8) is 0 Å². The van der Waals surface area contributed by atoms with Crippen molar-refractivity contribution in [3.05, 3.63) is 69.9 Å². The van der Waals surface area contributed by atoms with Gasteiger partial charge in [0, 0.05) is 38.2 Å². The van der Waals surface area contributed by atoms with Crippen molar-refractivity contribution < 1.29 is 19.1 Å². The standard InChI is InChI=1S/C31H38ClN3O4/c1-6-18-33(7-2)34-19-17-27-29(31(34)37)24(14-16-28(36)39-8-3)30(22-10-12-23(38-5)13-11-22)35(27)26-15-9-21(4)20-25(26)32/h9-13,15,20H,6-8,14,16-19H2,1-5H3. The Bertz CT molecular complexity index is 1330. The summed E-state index contributed by atoms with van der Waals surface area (Å²) in [6.07, 6.45) is 2.15. The lowest BCUT2D eigenvalue weighted by atomic mass is 9.96. The first-order chi connectivity index (χ1) is 18.8. The highest BCUT2D eigenvalue weighted by molar-refractivity contribution is 6.32. The number of aromatic nitrogens is 1. The lowest BCUT2D eigenvalue weighted by molar-refractivity contribution is -0.143. The quantitative estimate of drug-likeness (QED) is 0.263. The maximum absolute atomic E-state index is 14.3. The van der Waals surface area contributed by atoms with E-state index in [1.165, 1.54) is 0 Å². The number of amides is 1. The van der Waals surface area contributed by atoms with Gasteiger partial charge in [0.25, 0.3) is 5.91 Å². The third-order valence-corrected chi connectivity index (χ3v) is 7.46. The van der Waals surface area contributed by atoms with Gasteiger partial charge in [-0.2, -0.15) is 0 Å². The van der Waals surface area contributed by atoms with Crippen LogP contribution in [0.25, 0.3) is 16.9 Å². The van der Waals surface area contributed by atoms with Crippen molar-refractivity contribution in [1.29, 1.82) is 0 Å². The fourth-order valence-corrected chi connectivity index (χ4v) is 5.72. The van der Waals surface area contributed by atoms with E-state index >= 15 is 0 Å². The highest BCUT2D eigenvalue weighted by Gasteiger charge is 2.36. The zero-order valence-electron chi connectivity index (χ0n) is 23.6. The second-order valence-electron chi connectivity index (χ2n) is 9.70. The number of fused-ring (bicyclic) bond motifs is 1. The Kier molecular flexibility index (Phi) is 9.36. The molecule has 208 valence electrons. The molecule has 4 rings (SSSR count). The van der Waals surface area contributed by atoms with E-state index in [2.05, 4.69) is 23.4 Å². The predicted molar refractivity (Wildman–Crippen MR) is 155 cm³/mol. The molecule has 1 amide bonds. The molecule has 0 bridgehead atoms. The number of halogens is 1. The average molecular weight is 552 g/mol. The van der Waals surface area contributed by atoms with Gasteiger partial charge in [0.05, 0.1) is 35.7 Å². The maximum Gasteiger partial charge on any atom is 0.306 e. The van der Waals surface area contributed by atoms with E-state index in [-0.39, 0.29) is 18.3 Å². The first kappa shape index (κ1) is 28.7. The van der Waals surface area contributed by atoms with E-state index in [1.54, 1.807) is 14.0 Å². The summed E-state index contributed by atoms with van der Waals surface area (Å²) in [5.74, 6) is 0.417. The lowest BCUT2D eigenvalue weighted by Crippen LogP contribution is -2.50. The van der Waals surface area contributed by atoms with Gasteiger partial charge in [-0.15, -0.1) is 0 Å². The number of nitrogens with zero attached hydrogens (tertiary/aromatic N) is 3. The minimum Gasteiger partial charge on any atom is -0.497 e. The summed E-state index contributed by atoms with van der Waals surface area (Å²) in [5, 5.41) is 4.60. The Labute approximate surface area is 236 Å². The number of carbonyl (C=O) groups excluding carboxylic acids is 2. The van der Waals surface area contributed by atoms with Gasteiger partial charge in [-0.1, -0.05) is 31.5 Å². The molecule has 1 aliphatic heterocycles. The van der Waals surface area contributed by atoms with Gasteiger partial charge < -0.3 is 14.0 Å². The Hall–Kier alpha value is -3.29. The SMILES string of the molecule is CCCN(CC)N1CCc2c(c(CCC(=O)OCC)c(-c3ccc(OC)cc3)n2-c2ccc(C)cc2Cl)C1=O. The molecule has 0 unspecified atom stereocenters. The second-order valence-corrected chi connectivity index (χ2v) is 10.1. The molecule has 0 saturated carbocycles. The normalized spacial score (nSPS) is 13.1. The average Bonchev–Trinajstić information content (AvgIpc) is 3.26. The van der Waals surface area contributed by atoms with Gasteiger partial charge in [-0.25, -0.2) is 5.01 Å². The van der Waals surface area contributed by atoms with E-state index in [9.17, 15) is 9.59 Å². The molecule has 0 fully saturated rings. The second kappa shape index (κ2) is 12.7. The van der Waals surface area contributed by atoms with E-state index in [4.69, 9.17) is 21.1 Å². The molecule has 3 aromatic rings. The summed E-state index contributed by atoms with van der Waals surface area (Å²) < 4.78 is 12.8. The number of hydrogen-bond acceptors (Lipinski definition) is 5. The zero-order chi connectivity index (χ0) is 28.1. The molecule has 0 atom stereocenters. The minimum absolute atomic E-state index is 0.0397. The van der Waals surface area contributed by atoms with Crippen LogP contribution in [0.2, 0.25) is 5.02 Å². The van der Waals surface area contributed by atoms with Crippen LogP contribution in [0.15, 0.2) is 42.5 Å². The molecular formula is C31H38ClN3O4. The van der Waals surface area contributed by atoms with E-state index in [0.29, 0.717) is 36.6 Å². The number of hydrazine groups is 1. The van der Waals surface area contributed by atoms with E-state index in [1.807, 2.05) is 54.4 Å². The topological polar surface area (TPSA) is 64.0 Å². The van der Waals surface area contributed by atoms with Gasteiger partial charge in [0.15, 0.2) is 0 Å². The molecule has 0 radical (unpaired) electrons. The number of esters is 1. The maximum atomic E-state index is 14.3. The molecule has 2 aromatic carbocycles. The van der Waals surface area contributed by atoms with Gasteiger partial charge in [-0.3, -0.25) is 14.6 Å². The number of methoxy groups -OCH3 is 1. The van der Waals surface area contributed by atoms with Crippen molar-refractivity contribution in [3.8, 4) is 22.7 Å². The van der Waals surface area contributed by atoms with Crippen LogP contribution in [-0.2, 0) is 22.4 Å². The third kappa shape index (κ3) is 5.85. The van der Waals surface area contributed by atoms with E-state index in [0.717, 1.165) is 59.0 Å². The smallest absolute Gasteiger partial charge is 0.306 e. The first-order valence-corrected chi connectivity index (χ1v) is 14.1. The summed E-state index contributed by atoms with van der Waals surface area (Å²) in [5.41, 5.74) is 6.06. The van der Waals surface area contributed by atoms with Crippen LogP contribution in [-0.4, -0.2) is 59.8 Å². The van der Waals surface area contributed by atoms with Crippen molar-refractivity contribution in [2.45, 2.75) is 53.4 Å². The summed E-state index contributed by atoms with van der Waals surface area (Å²) in [4.78, 5) is 26.8. The summed E-state index contributed by atoms with van der Waals surface area (Å²) in [6.45, 7) is 10.4. The van der Waals surface area contributed by atoms with Crippen LogP contribution in [0, 0.1) is 6.92 Å². The van der Waals surface area contributed by atoms with Crippen LogP contribution in [0.1, 0.15) is 60.8 Å². The van der Waals surface area contributed by atoms with Crippen molar-refractivity contribution in [2.75, 3.05) is 33.4 Å². The molecule has 2 heterocycles. The predicted octanol–water partition coefficient (Wildman–Crippen LogP) is 6.26. The first-order valence-electron chi connectivity index (χ1n) is 13.7. The van der Waals surface area contributed by atoms with Gasteiger partial charge >= 0.3 is 5.97 Å². The van der Waals surface area contributed by atoms with Crippen molar-refractivity contribution >= 4 is 23.5 Å². The Balaban J connectivity index is 1.99. The number of benzene rings is 2. The molecule has 8 heteroatoms. The largest absolute Gasteiger partial charge is 0.497 e. The molecule has 1 aromatic heterocycles. The number of carbonyl (C=O) groups is 2. The van der Waals surface area contributed by atoms with Crippen LogP contribution in [0.5, 0.6) is 5.75 Å². The van der Waals surface area contributed by atoms with Crippen LogP contribution < -0.4 is 4.74 Å². The Morgan fingerprint density at radius 2 is 1.85 bits per heavy atom. The fraction of sp³-hybridized carbons (Fsp3) is 0.419. The molecule has 0 saturated heterocycles. The summed E-state index contributed by atoms with van der Waals surface area (Å²) in [6, 6.07) is 13.8. The lowest BCUT2D eigenvalue weighted by Gasteiger charge is -2.37. The fourth-order valence-electron chi connectivity index (χ4n) is 5.40. The van der Waals surface area contributed by atoms with Crippen molar-refractivity contribution in [1.82, 2.24) is 14.6 Å². The molecule has 1 aliphatic rings. The minimum atomic E-state index is -0.283. The molecular weight excluding hydrogens is 514 g/mol. The Morgan fingerprint density at radius 3 is 2.46 bits per heavy atom. The van der Waals surface area contributed by atoms with Crippen molar-refractivity contribution in [2.24, 2.45) is 0 Å². The Morgan fingerprint density at radius 1 is 1.10 bits per heavy atom. The van der Waals surface area contributed by atoms with Gasteiger partial charge in [0.1, 0.15) is 5.75 Å².